The number of thiazole rings is 1. The van der Waals surface area contributed by atoms with Crippen LogP contribution in [0, 0.1) is 11.8 Å². The lowest BCUT2D eigenvalue weighted by Gasteiger charge is -2.12. The molecule has 2 aromatic rings. The molecule has 1 aliphatic carbocycles. The fourth-order valence-electron chi connectivity index (χ4n) is 2.58. The number of benzene rings is 1. The number of carbonyl (C=O) groups excluding carboxylic acids is 1. The van der Waals surface area contributed by atoms with Crippen LogP contribution in [-0.2, 0) is 20.6 Å². The van der Waals surface area contributed by atoms with E-state index < -0.39 is 32.6 Å². The van der Waals surface area contributed by atoms with Gasteiger partial charge in [-0.3, -0.25) is 4.79 Å². The van der Waals surface area contributed by atoms with Crippen LogP contribution in [0.4, 0.5) is 13.8 Å². The van der Waals surface area contributed by atoms with Crippen molar-refractivity contribution in [3.63, 3.8) is 0 Å². The van der Waals surface area contributed by atoms with E-state index in [4.69, 9.17) is 4.74 Å². The molecule has 0 saturated heterocycles. The zero-order chi connectivity index (χ0) is 21.2. The monoisotopic (exact) mass is 442 g/mol. The van der Waals surface area contributed by atoms with E-state index in [2.05, 4.69) is 10.3 Å². The summed E-state index contributed by atoms with van der Waals surface area (Å²) in [6.45, 7) is 0.714. The third kappa shape index (κ3) is 6.07. The van der Waals surface area contributed by atoms with Gasteiger partial charge in [0.1, 0.15) is 5.75 Å². The Balaban J connectivity index is 1.87. The van der Waals surface area contributed by atoms with Crippen molar-refractivity contribution in [3.8, 4) is 11.6 Å². The highest BCUT2D eigenvalue weighted by Gasteiger charge is 2.36. The second kappa shape index (κ2) is 8.19. The van der Waals surface area contributed by atoms with Gasteiger partial charge < -0.3 is 10.1 Å². The second-order valence-electron chi connectivity index (χ2n) is 6.97. The first-order valence-corrected chi connectivity index (χ1v) is 11.6. The predicted molar refractivity (Wildman–Crippen MR) is 107 cm³/mol. The Morgan fingerprint density at radius 2 is 2.00 bits per heavy atom. The Kier molecular flexibility index (Phi) is 6.04. The minimum absolute atomic E-state index is 0.0199. The number of amides is 1. The molecule has 1 saturated carbocycles. The Bertz CT molecular complexity index is 1010. The van der Waals surface area contributed by atoms with Crippen LogP contribution < -0.4 is 10.1 Å². The van der Waals surface area contributed by atoms with Gasteiger partial charge in [-0.1, -0.05) is 35.6 Å². The average molecular weight is 443 g/mol. The van der Waals surface area contributed by atoms with Gasteiger partial charge in [-0.05, 0) is 30.9 Å². The molecule has 0 spiro atoms. The smallest absolute Gasteiger partial charge is 0.296 e. The molecule has 1 fully saturated rings. The van der Waals surface area contributed by atoms with Crippen molar-refractivity contribution in [1.82, 2.24) is 4.98 Å². The number of sulfone groups is 1. The number of nitrogens with zero attached hydrogens (tertiary/aromatic N) is 1. The first-order valence-electron chi connectivity index (χ1n) is 8.84. The SMILES string of the molecule is CC(F)(F)c1nc(Oc2ccccc2)c(NC(=O)[C@H](/C=C/S(C)(=O)=O)C2CC2)s1. The third-order valence-electron chi connectivity index (χ3n) is 4.13. The molecule has 0 bridgehead atoms. The van der Waals surface area contributed by atoms with E-state index in [1.807, 2.05) is 0 Å². The molecule has 0 aliphatic heterocycles. The summed E-state index contributed by atoms with van der Waals surface area (Å²) in [7, 11) is -3.39. The number of aromatic nitrogens is 1. The first kappa shape index (κ1) is 21.4. The number of ether oxygens (including phenoxy) is 1. The van der Waals surface area contributed by atoms with Crippen molar-refractivity contribution in [2.24, 2.45) is 11.8 Å². The lowest BCUT2D eigenvalue weighted by molar-refractivity contribution is -0.119. The highest BCUT2D eigenvalue weighted by atomic mass is 32.2. The Morgan fingerprint density at radius 1 is 1.34 bits per heavy atom. The van der Waals surface area contributed by atoms with Gasteiger partial charge in [0.2, 0.25) is 5.91 Å². The van der Waals surface area contributed by atoms with Crippen molar-refractivity contribution in [1.29, 1.82) is 0 Å². The maximum absolute atomic E-state index is 13.8. The van der Waals surface area contributed by atoms with Crippen LogP contribution in [0.25, 0.3) is 0 Å². The van der Waals surface area contributed by atoms with Crippen molar-refractivity contribution in [3.05, 3.63) is 46.8 Å². The molecule has 1 aromatic carbocycles. The first-order chi connectivity index (χ1) is 13.5. The molecule has 3 rings (SSSR count). The molecular weight excluding hydrogens is 422 g/mol. The number of hydrogen-bond donors (Lipinski definition) is 1. The van der Waals surface area contributed by atoms with Gasteiger partial charge >= 0.3 is 0 Å². The molecule has 1 N–H and O–H groups in total. The molecule has 1 heterocycles. The molecule has 1 atom stereocenters. The van der Waals surface area contributed by atoms with E-state index in [0.29, 0.717) is 24.0 Å². The molecule has 29 heavy (non-hydrogen) atoms. The van der Waals surface area contributed by atoms with Crippen LogP contribution >= 0.6 is 11.3 Å². The standard InChI is InChI=1S/C19H20F2N2O4S2/c1-19(20,21)18-23-16(27-13-6-4-3-5-7-13)17(28-18)22-15(24)14(12-8-9-12)10-11-29(2,25)26/h3-7,10-12,14H,8-9H2,1-2H3,(H,22,24)/b11-10+/t14-/m1/s1. The highest BCUT2D eigenvalue weighted by molar-refractivity contribution is 7.93. The molecule has 1 aromatic heterocycles. The van der Waals surface area contributed by atoms with E-state index in [1.54, 1.807) is 30.3 Å². The number of para-hydroxylation sites is 1. The van der Waals surface area contributed by atoms with E-state index in [0.717, 1.165) is 24.5 Å². The molecule has 1 aliphatic rings. The van der Waals surface area contributed by atoms with Gasteiger partial charge in [0.15, 0.2) is 19.8 Å². The van der Waals surface area contributed by atoms with Crippen molar-refractivity contribution < 1.29 is 26.7 Å². The van der Waals surface area contributed by atoms with Crippen LogP contribution in [-0.4, -0.2) is 25.6 Å². The summed E-state index contributed by atoms with van der Waals surface area (Å²) in [5.74, 6) is -4.09. The van der Waals surface area contributed by atoms with Gasteiger partial charge in [-0.15, -0.1) is 0 Å². The summed E-state index contributed by atoms with van der Waals surface area (Å²) in [6, 6.07) is 8.48. The summed E-state index contributed by atoms with van der Waals surface area (Å²) in [5.41, 5.74) is 0. The van der Waals surface area contributed by atoms with E-state index in [1.165, 1.54) is 6.08 Å². The zero-order valence-electron chi connectivity index (χ0n) is 15.8. The quantitative estimate of drug-likeness (QED) is 0.647. The highest BCUT2D eigenvalue weighted by Crippen LogP contribution is 2.43. The lowest BCUT2D eigenvalue weighted by atomic mass is 10.0. The van der Waals surface area contributed by atoms with E-state index >= 15 is 0 Å². The molecule has 0 radical (unpaired) electrons. The number of anilines is 1. The molecule has 6 nitrogen and oxygen atoms in total. The minimum atomic E-state index is -3.39. The molecule has 156 valence electrons. The maximum atomic E-state index is 13.8. The Hall–Kier alpha value is -2.33. The number of hydrogen-bond acceptors (Lipinski definition) is 6. The summed E-state index contributed by atoms with van der Waals surface area (Å²) < 4.78 is 55.9. The second-order valence-corrected chi connectivity index (χ2v) is 9.90. The number of carbonyl (C=O) groups is 1. The van der Waals surface area contributed by atoms with Gasteiger partial charge in [-0.25, -0.2) is 8.42 Å². The largest absolute Gasteiger partial charge is 0.436 e. The van der Waals surface area contributed by atoms with Crippen LogP contribution in [0.2, 0.25) is 0 Å². The van der Waals surface area contributed by atoms with E-state index in [9.17, 15) is 22.0 Å². The summed E-state index contributed by atoms with van der Waals surface area (Å²) in [4.78, 5) is 16.6. The summed E-state index contributed by atoms with van der Waals surface area (Å²) in [5, 5.41) is 3.15. The average Bonchev–Trinajstić information content (AvgIpc) is 3.36. The molecule has 10 heteroatoms. The van der Waals surface area contributed by atoms with Gasteiger partial charge in [0.05, 0.1) is 5.92 Å². The van der Waals surface area contributed by atoms with E-state index in [-0.39, 0.29) is 16.8 Å². The number of alkyl halides is 2. The lowest BCUT2D eigenvalue weighted by Crippen LogP contribution is -2.22. The Labute approximate surface area is 171 Å². The van der Waals surface area contributed by atoms with Gasteiger partial charge in [0, 0.05) is 18.6 Å². The van der Waals surface area contributed by atoms with Gasteiger partial charge in [0.25, 0.3) is 11.8 Å². The van der Waals surface area contributed by atoms with Crippen molar-refractivity contribution in [2.75, 3.05) is 11.6 Å². The Morgan fingerprint density at radius 3 is 2.55 bits per heavy atom. The van der Waals surface area contributed by atoms with Crippen LogP contribution in [0.5, 0.6) is 11.6 Å². The van der Waals surface area contributed by atoms with Crippen LogP contribution in [0.15, 0.2) is 41.8 Å². The van der Waals surface area contributed by atoms with Gasteiger partial charge in [-0.2, -0.15) is 13.8 Å². The predicted octanol–water partition coefficient (Wildman–Crippen LogP) is 4.57. The number of rotatable bonds is 8. The summed E-state index contributed by atoms with van der Waals surface area (Å²) >= 11 is 0.627. The maximum Gasteiger partial charge on any atom is 0.296 e. The normalized spacial score (nSPS) is 16.0. The fourth-order valence-corrected chi connectivity index (χ4v) is 3.86. The third-order valence-corrected chi connectivity index (χ3v) is 5.91. The van der Waals surface area contributed by atoms with Crippen LogP contribution in [0.1, 0.15) is 24.8 Å². The topological polar surface area (TPSA) is 85.4 Å². The zero-order valence-corrected chi connectivity index (χ0v) is 17.4. The molecule has 1 amide bonds. The number of nitrogens with one attached hydrogen (secondary N) is 1. The number of halogens is 2. The molecular formula is C19H20F2N2O4S2. The summed E-state index contributed by atoms with van der Waals surface area (Å²) in [6.07, 6.45) is 3.97. The van der Waals surface area contributed by atoms with Crippen LogP contribution in [0.3, 0.4) is 0 Å². The fraction of sp³-hybridized carbons (Fsp3) is 0.368. The molecule has 0 unspecified atom stereocenters. The minimum Gasteiger partial charge on any atom is -0.436 e. The van der Waals surface area contributed by atoms with Crippen molar-refractivity contribution >= 4 is 32.1 Å². The van der Waals surface area contributed by atoms with Crippen molar-refractivity contribution in [2.45, 2.75) is 25.7 Å².